The Labute approximate surface area is 168 Å². The van der Waals surface area contributed by atoms with Gasteiger partial charge in [0.15, 0.2) is 5.96 Å². The van der Waals surface area contributed by atoms with Gasteiger partial charge in [0, 0.05) is 64.4 Å². The average molecular weight is 384 g/mol. The number of likely N-dealkylation sites (N-methyl/N-ethyl adjacent to an activating group) is 1. The van der Waals surface area contributed by atoms with Crippen LogP contribution in [0.4, 0.5) is 5.82 Å². The first kappa shape index (κ1) is 20.2. The van der Waals surface area contributed by atoms with Gasteiger partial charge in [0.2, 0.25) is 0 Å². The summed E-state index contributed by atoms with van der Waals surface area (Å²) in [6.07, 6.45) is 6.09. The number of pyridine rings is 1. The van der Waals surface area contributed by atoms with Crippen molar-refractivity contribution in [2.45, 2.75) is 26.9 Å². The van der Waals surface area contributed by atoms with E-state index in [0.717, 1.165) is 69.7 Å². The largest absolute Gasteiger partial charge is 0.357 e. The summed E-state index contributed by atoms with van der Waals surface area (Å²) in [7, 11) is 0. The van der Waals surface area contributed by atoms with Crippen molar-refractivity contribution in [3.05, 3.63) is 48.4 Å². The maximum absolute atomic E-state index is 4.69. The number of guanidine groups is 1. The lowest BCUT2D eigenvalue weighted by Crippen LogP contribution is -2.46. The van der Waals surface area contributed by atoms with Crippen LogP contribution in [-0.2, 0) is 13.1 Å². The third-order valence-corrected chi connectivity index (χ3v) is 5.05. The summed E-state index contributed by atoms with van der Waals surface area (Å²) >= 11 is 0. The Kier molecular flexibility index (Phi) is 7.72. The number of nitrogens with one attached hydrogen (secondary N) is 2. The van der Waals surface area contributed by atoms with E-state index in [1.54, 1.807) is 0 Å². The van der Waals surface area contributed by atoms with Crippen LogP contribution in [0, 0.1) is 0 Å². The van der Waals surface area contributed by atoms with Gasteiger partial charge >= 0.3 is 0 Å². The number of rotatable bonds is 8. The lowest BCUT2D eigenvalue weighted by atomic mass is 10.2. The smallest absolute Gasteiger partial charge is 0.191 e. The summed E-state index contributed by atoms with van der Waals surface area (Å²) in [6.45, 7) is 13.0. The molecule has 0 saturated carbocycles. The molecule has 0 atom stereocenters. The number of piperazine rings is 1. The highest BCUT2D eigenvalue weighted by molar-refractivity contribution is 5.79. The summed E-state index contributed by atoms with van der Waals surface area (Å²) in [5, 5.41) is 6.69. The van der Waals surface area contributed by atoms with Crippen LogP contribution in [0.3, 0.4) is 0 Å². The molecule has 1 fully saturated rings. The van der Waals surface area contributed by atoms with Crippen LogP contribution in [0.15, 0.2) is 47.8 Å². The first-order chi connectivity index (χ1) is 13.8. The van der Waals surface area contributed by atoms with E-state index in [1.807, 2.05) is 18.3 Å². The second kappa shape index (κ2) is 10.7. The van der Waals surface area contributed by atoms with Crippen molar-refractivity contribution < 1.29 is 0 Å². The molecular weight excluding hydrogens is 350 g/mol. The number of aromatic nitrogens is 2. The van der Waals surface area contributed by atoms with Gasteiger partial charge in [0.25, 0.3) is 0 Å². The number of aliphatic imine (C=N–C) groups is 1. The Balaban J connectivity index is 1.49. The quantitative estimate of drug-likeness (QED) is 0.538. The van der Waals surface area contributed by atoms with Gasteiger partial charge in [-0.2, -0.15) is 0 Å². The van der Waals surface area contributed by atoms with E-state index >= 15 is 0 Å². The van der Waals surface area contributed by atoms with Crippen LogP contribution in [0.5, 0.6) is 0 Å². The van der Waals surface area contributed by atoms with Crippen molar-refractivity contribution in [2.75, 3.05) is 50.7 Å². The monoisotopic (exact) mass is 383 g/mol. The Hall–Kier alpha value is -2.54. The zero-order valence-electron chi connectivity index (χ0n) is 17.1. The molecule has 0 aromatic carbocycles. The zero-order chi connectivity index (χ0) is 19.6. The maximum Gasteiger partial charge on any atom is 0.191 e. The van der Waals surface area contributed by atoms with Gasteiger partial charge in [-0.05, 0) is 37.2 Å². The van der Waals surface area contributed by atoms with Crippen LogP contribution in [0.1, 0.15) is 19.4 Å². The van der Waals surface area contributed by atoms with Crippen molar-refractivity contribution in [1.82, 2.24) is 25.1 Å². The topological polar surface area (TPSA) is 60.7 Å². The fourth-order valence-electron chi connectivity index (χ4n) is 3.33. The molecular formula is C21H33N7. The van der Waals surface area contributed by atoms with Crippen LogP contribution in [0.2, 0.25) is 0 Å². The highest BCUT2D eigenvalue weighted by Gasteiger charge is 2.16. The Morgan fingerprint density at radius 1 is 1.07 bits per heavy atom. The minimum Gasteiger partial charge on any atom is -0.357 e. The summed E-state index contributed by atoms with van der Waals surface area (Å²) in [4.78, 5) is 14.2. The van der Waals surface area contributed by atoms with Crippen LogP contribution in [-0.4, -0.2) is 66.2 Å². The molecule has 0 unspecified atom stereocenters. The molecule has 3 heterocycles. The highest BCUT2D eigenvalue weighted by atomic mass is 15.3. The Morgan fingerprint density at radius 3 is 2.50 bits per heavy atom. The highest BCUT2D eigenvalue weighted by Crippen LogP contribution is 2.14. The van der Waals surface area contributed by atoms with E-state index in [1.165, 1.54) is 0 Å². The minimum atomic E-state index is 0.621. The van der Waals surface area contributed by atoms with Crippen LogP contribution in [0.25, 0.3) is 0 Å². The predicted octanol–water partition coefficient (Wildman–Crippen LogP) is 1.78. The number of anilines is 1. The van der Waals surface area contributed by atoms with E-state index in [2.05, 4.69) is 68.4 Å². The van der Waals surface area contributed by atoms with Gasteiger partial charge in [0.05, 0.1) is 6.54 Å². The standard InChI is InChI=1S/C21H33N7/c1-3-22-21(23-9-12-27-10-5-6-11-27)25-18-19-7-8-20(24-17-19)28-15-13-26(4-2)14-16-28/h5-8,10-11,17H,3-4,9,12-16,18H2,1-2H3,(H2,22,23,25). The third kappa shape index (κ3) is 5.99. The minimum absolute atomic E-state index is 0.621. The molecule has 0 bridgehead atoms. The van der Waals surface area contributed by atoms with Crippen molar-refractivity contribution in [3.8, 4) is 0 Å². The van der Waals surface area contributed by atoms with Gasteiger partial charge in [-0.1, -0.05) is 13.0 Å². The fraction of sp³-hybridized carbons (Fsp3) is 0.524. The first-order valence-electron chi connectivity index (χ1n) is 10.3. The molecule has 2 N–H and O–H groups in total. The van der Waals surface area contributed by atoms with Crippen molar-refractivity contribution in [1.29, 1.82) is 0 Å². The van der Waals surface area contributed by atoms with E-state index in [0.29, 0.717) is 6.54 Å². The summed E-state index contributed by atoms with van der Waals surface area (Å²) in [5.41, 5.74) is 1.12. The summed E-state index contributed by atoms with van der Waals surface area (Å²) in [6, 6.07) is 8.35. The van der Waals surface area contributed by atoms with Gasteiger partial charge in [-0.15, -0.1) is 0 Å². The third-order valence-electron chi connectivity index (χ3n) is 5.05. The van der Waals surface area contributed by atoms with E-state index in [-0.39, 0.29) is 0 Å². The molecule has 0 spiro atoms. The summed E-state index contributed by atoms with van der Waals surface area (Å²) in [5.74, 6) is 1.91. The lowest BCUT2D eigenvalue weighted by Gasteiger charge is -2.34. The molecule has 7 nitrogen and oxygen atoms in total. The lowest BCUT2D eigenvalue weighted by molar-refractivity contribution is 0.270. The van der Waals surface area contributed by atoms with E-state index in [4.69, 9.17) is 4.99 Å². The van der Waals surface area contributed by atoms with Gasteiger partial charge < -0.3 is 25.0 Å². The molecule has 1 aliphatic rings. The average Bonchev–Trinajstić information content (AvgIpc) is 3.26. The SMILES string of the molecule is CCNC(=NCc1ccc(N2CCN(CC)CC2)nc1)NCCn1cccc1. The Morgan fingerprint density at radius 2 is 1.86 bits per heavy atom. The number of hydrogen-bond acceptors (Lipinski definition) is 4. The Bertz CT molecular complexity index is 701. The van der Waals surface area contributed by atoms with Crippen LogP contribution < -0.4 is 15.5 Å². The molecule has 1 saturated heterocycles. The summed E-state index contributed by atoms with van der Waals surface area (Å²) < 4.78 is 2.15. The number of nitrogens with zero attached hydrogens (tertiary/aromatic N) is 5. The molecule has 0 amide bonds. The van der Waals surface area contributed by atoms with Gasteiger partial charge in [-0.3, -0.25) is 0 Å². The predicted molar refractivity (Wildman–Crippen MR) is 116 cm³/mol. The molecule has 7 heteroatoms. The first-order valence-corrected chi connectivity index (χ1v) is 10.3. The van der Waals surface area contributed by atoms with Crippen molar-refractivity contribution in [2.24, 2.45) is 4.99 Å². The van der Waals surface area contributed by atoms with E-state index in [9.17, 15) is 0 Å². The van der Waals surface area contributed by atoms with Gasteiger partial charge in [-0.25, -0.2) is 9.98 Å². The molecule has 152 valence electrons. The van der Waals surface area contributed by atoms with Crippen molar-refractivity contribution >= 4 is 11.8 Å². The van der Waals surface area contributed by atoms with E-state index < -0.39 is 0 Å². The molecule has 1 aliphatic heterocycles. The normalized spacial score (nSPS) is 15.6. The zero-order valence-corrected chi connectivity index (χ0v) is 17.1. The maximum atomic E-state index is 4.69. The molecule has 0 radical (unpaired) electrons. The molecule has 28 heavy (non-hydrogen) atoms. The second-order valence-electron chi connectivity index (χ2n) is 6.99. The van der Waals surface area contributed by atoms with Crippen molar-refractivity contribution in [3.63, 3.8) is 0 Å². The molecule has 3 rings (SSSR count). The van der Waals surface area contributed by atoms with Crippen LogP contribution >= 0.6 is 0 Å². The number of hydrogen-bond donors (Lipinski definition) is 2. The molecule has 0 aliphatic carbocycles. The molecule has 2 aromatic rings. The van der Waals surface area contributed by atoms with Gasteiger partial charge in [0.1, 0.15) is 5.82 Å². The molecule has 2 aromatic heterocycles. The second-order valence-corrected chi connectivity index (χ2v) is 6.99. The fourth-order valence-corrected chi connectivity index (χ4v) is 3.33.